The summed E-state index contributed by atoms with van der Waals surface area (Å²) in [5.41, 5.74) is 1.31. The van der Waals surface area contributed by atoms with Crippen LogP contribution in [0.3, 0.4) is 0 Å². The van der Waals surface area contributed by atoms with E-state index in [9.17, 15) is 4.79 Å². The van der Waals surface area contributed by atoms with Crippen LogP contribution in [-0.2, 0) is 11.2 Å². The predicted molar refractivity (Wildman–Crippen MR) is 67.5 cm³/mol. The SMILES string of the molecule is CC(C)NCC(=O)CCCc1ccccc1. The predicted octanol–water partition coefficient (Wildman–Crippen LogP) is 2.58. The van der Waals surface area contributed by atoms with Crippen molar-refractivity contribution in [3.8, 4) is 0 Å². The van der Waals surface area contributed by atoms with Gasteiger partial charge in [0.25, 0.3) is 0 Å². The average molecular weight is 219 g/mol. The molecule has 0 saturated heterocycles. The lowest BCUT2D eigenvalue weighted by molar-refractivity contribution is -0.118. The van der Waals surface area contributed by atoms with E-state index in [1.54, 1.807) is 0 Å². The van der Waals surface area contributed by atoms with Gasteiger partial charge in [-0.2, -0.15) is 0 Å². The van der Waals surface area contributed by atoms with Gasteiger partial charge in [0, 0.05) is 12.5 Å². The molecular formula is C14H21NO. The number of hydrogen-bond acceptors (Lipinski definition) is 2. The quantitative estimate of drug-likeness (QED) is 0.763. The Morgan fingerprint density at radius 2 is 1.94 bits per heavy atom. The smallest absolute Gasteiger partial charge is 0.146 e. The lowest BCUT2D eigenvalue weighted by Crippen LogP contribution is -2.29. The van der Waals surface area contributed by atoms with Crippen LogP contribution >= 0.6 is 0 Å². The summed E-state index contributed by atoms with van der Waals surface area (Å²) in [6.07, 6.45) is 2.62. The summed E-state index contributed by atoms with van der Waals surface area (Å²) in [7, 11) is 0. The maximum Gasteiger partial charge on any atom is 0.146 e. The molecule has 0 saturated carbocycles. The molecule has 2 heteroatoms. The van der Waals surface area contributed by atoms with Gasteiger partial charge in [0.2, 0.25) is 0 Å². The van der Waals surface area contributed by atoms with Gasteiger partial charge in [0.05, 0.1) is 6.54 Å². The molecule has 16 heavy (non-hydrogen) atoms. The fraction of sp³-hybridized carbons (Fsp3) is 0.500. The Morgan fingerprint density at radius 3 is 2.56 bits per heavy atom. The molecule has 0 fully saturated rings. The molecule has 88 valence electrons. The molecule has 1 aromatic carbocycles. The molecule has 2 nitrogen and oxygen atoms in total. The van der Waals surface area contributed by atoms with Crippen LogP contribution < -0.4 is 5.32 Å². The van der Waals surface area contributed by atoms with Crippen molar-refractivity contribution in [2.45, 2.75) is 39.2 Å². The highest BCUT2D eigenvalue weighted by molar-refractivity contribution is 5.80. The van der Waals surface area contributed by atoms with Crippen LogP contribution in [0.2, 0.25) is 0 Å². The Morgan fingerprint density at radius 1 is 1.25 bits per heavy atom. The van der Waals surface area contributed by atoms with Gasteiger partial charge in [-0.3, -0.25) is 4.79 Å². The van der Waals surface area contributed by atoms with Gasteiger partial charge in [0.1, 0.15) is 5.78 Å². The number of nitrogens with one attached hydrogen (secondary N) is 1. The van der Waals surface area contributed by atoms with E-state index in [4.69, 9.17) is 0 Å². The van der Waals surface area contributed by atoms with Crippen molar-refractivity contribution in [3.63, 3.8) is 0 Å². The number of hydrogen-bond donors (Lipinski definition) is 1. The molecule has 0 atom stereocenters. The van der Waals surface area contributed by atoms with Crippen LogP contribution in [0.15, 0.2) is 30.3 Å². The summed E-state index contributed by atoms with van der Waals surface area (Å²) in [5, 5.41) is 3.14. The van der Waals surface area contributed by atoms with Crippen LogP contribution in [0.25, 0.3) is 0 Å². The van der Waals surface area contributed by atoms with Crippen LogP contribution in [0.4, 0.5) is 0 Å². The fourth-order valence-corrected chi connectivity index (χ4v) is 1.54. The van der Waals surface area contributed by atoms with Crippen molar-refractivity contribution in [3.05, 3.63) is 35.9 Å². The van der Waals surface area contributed by atoms with Crippen molar-refractivity contribution in [1.82, 2.24) is 5.32 Å². The normalized spacial score (nSPS) is 10.7. The van der Waals surface area contributed by atoms with E-state index in [2.05, 4.69) is 31.3 Å². The highest BCUT2D eigenvalue weighted by atomic mass is 16.1. The largest absolute Gasteiger partial charge is 0.308 e. The zero-order chi connectivity index (χ0) is 11.8. The second-order valence-corrected chi connectivity index (χ2v) is 4.41. The Labute approximate surface area is 98.1 Å². The summed E-state index contributed by atoms with van der Waals surface area (Å²) in [6, 6.07) is 10.7. The monoisotopic (exact) mass is 219 g/mol. The minimum Gasteiger partial charge on any atom is -0.308 e. The fourth-order valence-electron chi connectivity index (χ4n) is 1.54. The van der Waals surface area contributed by atoms with Gasteiger partial charge in [-0.25, -0.2) is 0 Å². The van der Waals surface area contributed by atoms with E-state index >= 15 is 0 Å². The van der Waals surface area contributed by atoms with Crippen LogP contribution in [0.5, 0.6) is 0 Å². The molecule has 0 aliphatic heterocycles. The van der Waals surface area contributed by atoms with E-state index in [0.29, 0.717) is 24.8 Å². The molecular weight excluding hydrogens is 198 g/mol. The molecule has 0 bridgehead atoms. The summed E-state index contributed by atoms with van der Waals surface area (Å²) in [6.45, 7) is 4.61. The zero-order valence-electron chi connectivity index (χ0n) is 10.2. The van der Waals surface area contributed by atoms with Crippen molar-refractivity contribution >= 4 is 5.78 Å². The first-order valence-corrected chi connectivity index (χ1v) is 5.97. The molecule has 0 amide bonds. The van der Waals surface area contributed by atoms with Crippen molar-refractivity contribution in [1.29, 1.82) is 0 Å². The molecule has 0 unspecified atom stereocenters. The molecule has 0 aromatic heterocycles. The van der Waals surface area contributed by atoms with E-state index in [1.165, 1.54) is 5.56 Å². The molecule has 0 radical (unpaired) electrons. The molecule has 1 N–H and O–H groups in total. The number of rotatable bonds is 7. The lowest BCUT2D eigenvalue weighted by Gasteiger charge is -2.06. The third-order valence-corrected chi connectivity index (χ3v) is 2.47. The molecule has 0 aliphatic rings. The first-order chi connectivity index (χ1) is 7.68. The van der Waals surface area contributed by atoms with Gasteiger partial charge in [-0.15, -0.1) is 0 Å². The maximum atomic E-state index is 11.5. The van der Waals surface area contributed by atoms with E-state index in [-0.39, 0.29) is 0 Å². The Balaban J connectivity index is 2.13. The van der Waals surface area contributed by atoms with Gasteiger partial charge in [0.15, 0.2) is 0 Å². The second-order valence-electron chi connectivity index (χ2n) is 4.41. The summed E-state index contributed by atoms with van der Waals surface area (Å²) >= 11 is 0. The van der Waals surface area contributed by atoms with E-state index in [0.717, 1.165) is 12.8 Å². The van der Waals surface area contributed by atoms with Crippen LogP contribution in [0, 0.1) is 0 Å². The summed E-state index contributed by atoms with van der Waals surface area (Å²) in [5.74, 6) is 0.310. The summed E-state index contributed by atoms with van der Waals surface area (Å²) in [4.78, 5) is 11.5. The second kappa shape index (κ2) is 7.18. The molecule has 0 spiro atoms. The minimum atomic E-state index is 0.310. The molecule has 1 rings (SSSR count). The number of aryl methyl sites for hydroxylation is 1. The van der Waals surface area contributed by atoms with Gasteiger partial charge < -0.3 is 5.32 Å². The van der Waals surface area contributed by atoms with Crippen molar-refractivity contribution < 1.29 is 4.79 Å². The van der Waals surface area contributed by atoms with Gasteiger partial charge in [-0.1, -0.05) is 44.2 Å². The first-order valence-electron chi connectivity index (χ1n) is 5.97. The van der Waals surface area contributed by atoms with Gasteiger partial charge >= 0.3 is 0 Å². The third-order valence-electron chi connectivity index (χ3n) is 2.47. The Hall–Kier alpha value is -1.15. The molecule has 0 heterocycles. The molecule has 0 aliphatic carbocycles. The Bertz CT molecular complexity index is 306. The third kappa shape index (κ3) is 5.66. The minimum absolute atomic E-state index is 0.310. The highest BCUT2D eigenvalue weighted by Crippen LogP contribution is 2.04. The highest BCUT2D eigenvalue weighted by Gasteiger charge is 2.02. The average Bonchev–Trinajstić information content (AvgIpc) is 2.28. The maximum absolute atomic E-state index is 11.5. The first kappa shape index (κ1) is 12.9. The van der Waals surface area contributed by atoms with E-state index in [1.807, 2.05) is 18.2 Å². The van der Waals surface area contributed by atoms with Crippen molar-refractivity contribution in [2.24, 2.45) is 0 Å². The van der Waals surface area contributed by atoms with E-state index < -0.39 is 0 Å². The number of benzene rings is 1. The number of carbonyl (C=O) groups is 1. The topological polar surface area (TPSA) is 29.1 Å². The zero-order valence-corrected chi connectivity index (χ0v) is 10.2. The van der Waals surface area contributed by atoms with Crippen LogP contribution in [0.1, 0.15) is 32.3 Å². The number of carbonyl (C=O) groups excluding carboxylic acids is 1. The number of ketones is 1. The van der Waals surface area contributed by atoms with Crippen LogP contribution in [-0.4, -0.2) is 18.4 Å². The summed E-state index contributed by atoms with van der Waals surface area (Å²) < 4.78 is 0. The number of Topliss-reactive ketones (excluding diaryl/α,β-unsaturated/α-hetero) is 1. The standard InChI is InChI=1S/C14H21NO/c1-12(2)15-11-14(16)10-6-9-13-7-4-3-5-8-13/h3-5,7-8,12,15H,6,9-11H2,1-2H3. The lowest BCUT2D eigenvalue weighted by atomic mass is 10.1. The molecule has 1 aromatic rings. The Kier molecular flexibility index (Phi) is 5.79. The van der Waals surface area contributed by atoms with Gasteiger partial charge in [-0.05, 0) is 18.4 Å². The van der Waals surface area contributed by atoms with Crippen molar-refractivity contribution in [2.75, 3.05) is 6.54 Å².